The molecule has 1 rings (SSSR count). The molecule has 1 aromatic heterocycles. The van der Waals surface area contributed by atoms with E-state index in [-0.39, 0.29) is 0 Å². The van der Waals surface area contributed by atoms with E-state index in [4.69, 9.17) is 0 Å². The second-order valence-corrected chi connectivity index (χ2v) is 26.7. The zero-order valence-corrected chi connectivity index (χ0v) is 26.0. The van der Waals surface area contributed by atoms with Crippen molar-refractivity contribution in [3.63, 3.8) is 0 Å². The number of hydrogen-bond acceptors (Lipinski definition) is 1. The zero-order valence-electron chi connectivity index (χ0n) is 22.3. The van der Waals surface area contributed by atoms with E-state index >= 15 is 0 Å². The van der Waals surface area contributed by atoms with Crippen LogP contribution in [-0.2, 0) is 6.42 Å². The first kappa shape index (κ1) is 29.5. The van der Waals surface area contributed by atoms with Gasteiger partial charge in [0.2, 0.25) is 0 Å². The Morgan fingerprint density at radius 1 is 0.645 bits per heavy atom. The van der Waals surface area contributed by atoms with Gasteiger partial charge in [0.1, 0.15) is 0 Å². The van der Waals surface area contributed by atoms with E-state index in [0.717, 1.165) is 0 Å². The first-order valence-electron chi connectivity index (χ1n) is 14.0. The molecule has 1 aromatic rings. The molecule has 0 bridgehead atoms. The van der Waals surface area contributed by atoms with Crippen molar-refractivity contribution in [1.29, 1.82) is 0 Å². The Hall–Kier alpha value is 0.499. The summed E-state index contributed by atoms with van der Waals surface area (Å²) in [5, 5.41) is 0. The molecule has 0 amide bonds. The summed E-state index contributed by atoms with van der Waals surface area (Å²) in [5.41, 5.74) is 0.519. The van der Waals surface area contributed by atoms with Gasteiger partial charge >= 0.3 is 180 Å². The molecule has 0 fully saturated rings. The fourth-order valence-corrected chi connectivity index (χ4v) is 25.3. The maximum absolute atomic E-state index is 2.62. The van der Waals surface area contributed by atoms with Crippen molar-refractivity contribution in [3.05, 3.63) is 17.0 Å². The molecular weight excluding hydrogens is 499 g/mol. The van der Waals surface area contributed by atoms with Crippen molar-refractivity contribution in [2.45, 2.75) is 151 Å². The van der Waals surface area contributed by atoms with E-state index in [1.807, 2.05) is 2.89 Å². The molecule has 0 radical (unpaired) electrons. The molecule has 182 valence electrons. The van der Waals surface area contributed by atoms with Crippen LogP contribution in [0.5, 0.6) is 0 Å². The van der Waals surface area contributed by atoms with Crippen molar-refractivity contribution >= 4 is 32.6 Å². The van der Waals surface area contributed by atoms with Gasteiger partial charge in [-0.25, -0.2) is 0 Å². The monoisotopic (exact) mass is 556 g/mol. The third kappa shape index (κ3) is 13.1. The fraction of sp³-hybridized carbons (Fsp3) is 0.862. The van der Waals surface area contributed by atoms with Crippen LogP contribution in [-0.4, -0.2) is 18.4 Å². The average Bonchev–Trinajstić information content (AvgIpc) is 3.21. The number of hydrogen-bond donors (Lipinski definition) is 0. The molecule has 0 unspecified atom stereocenters. The molecule has 0 aliphatic heterocycles. The Morgan fingerprint density at radius 3 is 1.61 bits per heavy atom. The zero-order chi connectivity index (χ0) is 23.0. The van der Waals surface area contributed by atoms with E-state index in [1.54, 1.807) is 18.2 Å². The van der Waals surface area contributed by atoms with Gasteiger partial charge in [0.25, 0.3) is 0 Å². The van der Waals surface area contributed by atoms with Gasteiger partial charge in [0.05, 0.1) is 0 Å². The molecule has 0 N–H and O–H groups in total. The van der Waals surface area contributed by atoms with Crippen LogP contribution in [0, 0.1) is 5.41 Å². The van der Waals surface area contributed by atoms with E-state index < -0.39 is 18.4 Å². The Morgan fingerprint density at radius 2 is 1.13 bits per heavy atom. The molecule has 31 heavy (non-hydrogen) atoms. The van der Waals surface area contributed by atoms with Gasteiger partial charge in [-0.05, 0) is 5.41 Å². The van der Waals surface area contributed by atoms with Crippen LogP contribution in [0.2, 0.25) is 13.3 Å². The summed E-state index contributed by atoms with van der Waals surface area (Å²) in [7, 11) is 0. The second-order valence-electron chi connectivity index (χ2n) is 11.4. The van der Waals surface area contributed by atoms with Gasteiger partial charge in [-0.3, -0.25) is 0 Å². The van der Waals surface area contributed by atoms with Crippen LogP contribution < -0.4 is 2.89 Å². The SMILES string of the molecule is CCC[CH2][Sn]([CH2]CCC)([CH2]CCC)[c]1ccc(CCCCCCCCCC(C)(C)C)s1. The molecule has 0 aliphatic carbocycles. The summed E-state index contributed by atoms with van der Waals surface area (Å²) in [6.45, 7) is 14.3. The molecule has 0 saturated heterocycles. The van der Waals surface area contributed by atoms with Crippen molar-refractivity contribution in [2.75, 3.05) is 0 Å². The summed E-state index contributed by atoms with van der Waals surface area (Å²) < 4.78 is 6.76. The molecule has 0 nitrogen and oxygen atoms in total. The minimum absolute atomic E-state index is 0.519. The van der Waals surface area contributed by atoms with Crippen molar-refractivity contribution in [2.24, 2.45) is 5.41 Å². The first-order valence-corrected chi connectivity index (χ1v) is 22.3. The molecule has 0 aliphatic rings. The average molecular weight is 556 g/mol. The van der Waals surface area contributed by atoms with Gasteiger partial charge in [0, 0.05) is 0 Å². The van der Waals surface area contributed by atoms with Crippen LogP contribution in [0.1, 0.15) is 136 Å². The van der Waals surface area contributed by atoms with Crippen LogP contribution in [0.25, 0.3) is 0 Å². The summed E-state index contributed by atoms with van der Waals surface area (Å²) >= 11 is 0.0827. The van der Waals surface area contributed by atoms with Crippen LogP contribution >= 0.6 is 11.3 Å². The van der Waals surface area contributed by atoms with E-state index in [1.165, 1.54) is 96.3 Å². The van der Waals surface area contributed by atoms with Gasteiger partial charge < -0.3 is 0 Å². The number of aryl methyl sites for hydroxylation is 1. The van der Waals surface area contributed by atoms with Gasteiger partial charge in [0.15, 0.2) is 0 Å². The molecule has 2 heteroatoms. The summed E-state index contributed by atoms with van der Waals surface area (Å²) in [6.07, 6.45) is 21.3. The number of rotatable bonds is 19. The van der Waals surface area contributed by atoms with Crippen LogP contribution in [0.4, 0.5) is 0 Å². The number of unbranched alkanes of at least 4 members (excludes halogenated alkanes) is 9. The van der Waals surface area contributed by atoms with Crippen LogP contribution in [0.15, 0.2) is 12.1 Å². The standard InChI is InChI=1S/C17H29S.3C4H9.Sn/c1-17(2,3)14-10-8-6-4-5-7-9-12-16-13-11-15-18-16;3*1-3-4-2;/h11,13H,4-10,12,14H2,1-3H3;3*1,3-4H2,2H3;. The second kappa shape index (κ2) is 17.0. The molecule has 1 heterocycles. The summed E-state index contributed by atoms with van der Waals surface area (Å²) in [4.78, 5) is 1.70. The topological polar surface area (TPSA) is 0 Å². The third-order valence-corrected chi connectivity index (χ3v) is 26.5. The van der Waals surface area contributed by atoms with E-state index in [0.29, 0.717) is 5.41 Å². The molecule has 0 aromatic carbocycles. The quantitative estimate of drug-likeness (QED) is 0.118. The predicted octanol–water partition coefficient (Wildman–Crippen LogP) is 10.5. The van der Waals surface area contributed by atoms with Crippen LogP contribution in [0.3, 0.4) is 0 Å². The van der Waals surface area contributed by atoms with Crippen molar-refractivity contribution < 1.29 is 0 Å². The minimum atomic E-state index is -2.18. The van der Waals surface area contributed by atoms with Gasteiger partial charge in [-0.15, -0.1) is 0 Å². The number of thiophene rings is 1. The maximum atomic E-state index is 2.62. The first-order chi connectivity index (χ1) is 14.9. The Bertz CT molecular complexity index is 517. The molecule has 0 saturated carbocycles. The molecule has 0 spiro atoms. The predicted molar refractivity (Wildman–Crippen MR) is 149 cm³/mol. The summed E-state index contributed by atoms with van der Waals surface area (Å²) in [5.74, 6) is 0. The van der Waals surface area contributed by atoms with Gasteiger partial charge in [-0.1, -0.05) is 20.8 Å². The molecule has 0 atom stereocenters. The molecular formula is C29H56SSn. The van der Waals surface area contributed by atoms with Gasteiger partial charge in [-0.2, -0.15) is 0 Å². The summed E-state index contributed by atoms with van der Waals surface area (Å²) in [6, 6.07) is 5.15. The Labute approximate surface area is 205 Å². The Kier molecular flexibility index (Phi) is 16.2. The van der Waals surface area contributed by atoms with E-state index in [2.05, 4.69) is 65.0 Å². The van der Waals surface area contributed by atoms with Crippen molar-refractivity contribution in [3.8, 4) is 0 Å². The fourth-order valence-electron chi connectivity index (χ4n) is 4.93. The normalized spacial score (nSPS) is 12.6. The van der Waals surface area contributed by atoms with Crippen molar-refractivity contribution in [1.82, 2.24) is 0 Å². The Balaban J connectivity index is 2.45. The third-order valence-electron chi connectivity index (χ3n) is 7.06. The van der Waals surface area contributed by atoms with E-state index in [9.17, 15) is 0 Å².